The predicted molar refractivity (Wildman–Crippen MR) is 91.1 cm³/mol. The van der Waals surface area contributed by atoms with E-state index in [1.54, 1.807) is 0 Å². The van der Waals surface area contributed by atoms with Gasteiger partial charge in [-0.15, -0.1) is 10.2 Å². The first-order valence-corrected chi connectivity index (χ1v) is 7.67. The minimum Gasteiger partial charge on any atom is -0.339 e. The molecule has 1 aromatic heterocycles. The Hall–Kier alpha value is -3.49. The van der Waals surface area contributed by atoms with E-state index in [0.717, 1.165) is 18.2 Å². The van der Waals surface area contributed by atoms with Crippen LogP contribution in [0, 0.1) is 5.82 Å². The predicted octanol–water partition coefficient (Wildman–Crippen LogP) is 4.63. The molecule has 2 aromatic carbocycles. The van der Waals surface area contributed by atoms with E-state index < -0.39 is 23.5 Å². The molecule has 9 heteroatoms. The average molecular weight is 376 g/mol. The lowest BCUT2D eigenvalue weighted by Gasteiger charge is -2.10. The fraction of sp³-hybridized carbons (Fsp3) is 0.0556. The quantitative estimate of drug-likeness (QED) is 0.652. The molecule has 3 rings (SSSR count). The van der Waals surface area contributed by atoms with Crippen molar-refractivity contribution in [2.45, 2.75) is 6.18 Å². The molecule has 0 fully saturated rings. The number of hydrogen-bond donors (Lipinski definition) is 2. The minimum absolute atomic E-state index is 0.0674. The van der Waals surface area contributed by atoms with E-state index in [2.05, 4.69) is 20.8 Å². The molecule has 0 aliphatic heterocycles. The van der Waals surface area contributed by atoms with Crippen LogP contribution in [0.3, 0.4) is 0 Å². The van der Waals surface area contributed by atoms with Gasteiger partial charge in [0.15, 0.2) is 11.6 Å². The molecular weight excluding hydrogens is 364 g/mol. The number of alkyl halides is 3. The zero-order chi connectivity index (χ0) is 19.4. The van der Waals surface area contributed by atoms with Gasteiger partial charge in [0, 0.05) is 5.69 Å². The van der Waals surface area contributed by atoms with E-state index in [9.17, 15) is 22.4 Å². The number of rotatable bonds is 4. The SMILES string of the molecule is O=C(Nc1ccc(Nc2cccc(C(F)(F)F)c2)nn1)c1ccccc1F. The highest BCUT2D eigenvalue weighted by Crippen LogP contribution is 2.31. The first kappa shape index (κ1) is 18.3. The van der Waals surface area contributed by atoms with Gasteiger partial charge in [0.2, 0.25) is 0 Å². The van der Waals surface area contributed by atoms with E-state index in [0.29, 0.717) is 0 Å². The number of benzene rings is 2. The lowest BCUT2D eigenvalue weighted by molar-refractivity contribution is -0.137. The molecular formula is C18H12F4N4O. The summed E-state index contributed by atoms with van der Waals surface area (Å²) >= 11 is 0. The smallest absolute Gasteiger partial charge is 0.339 e. The first-order chi connectivity index (χ1) is 12.8. The lowest BCUT2D eigenvalue weighted by atomic mass is 10.2. The van der Waals surface area contributed by atoms with Crippen molar-refractivity contribution in [3.05, 3.63) is 77.6 Å². The summed E-state index contributed by atoms with van der Waals surface area (Å²) in [4.78, 5) is 12.0. The van der Waals surface area contributed by atoms with E-state index in [1.165, 1.54) is 42.5 Å². The van der Waals surface area contributed by atoms with Crippen LogP contribution in [0.1, 0.15) is 15.9 Å². The van der Waals surface area contributed by atoms with Crippen LogP contribution in [-0.2, 0) is 6.18 Å². The van der Waals surface area contributed by atoms with Gasteiger partial charge in [-0.25, -0.2) is 4.39 Å². The molecule has 0 atom stereocenters. The van der Waals surface area contributed by atoms with Gasteiger partial charge in [-0.3, -0.25) is 4.79 Å². The summed E-state index contributed by atoms with van der Waals surface area (Å²) in [5, 5.41) is 12.6. The van der Waals surface area contributed by atoms with E-state index in [1.807, 2.05) is 0 Å². The fourth-order valence-corrected chi connectivity index (χ4v) is 2.22. The van der Waals surface area contributed by atoms with Crippen molar-refractivity contribution in [3.8, 4) is 0 Å². The van der Waals surface area contributed by atoms with Gasteiger partial charge in [-0.1, -0.05) is 18.2 Å². The first-order valence-electron chi connectivity index (χ1n) is 7.67. The topological polar surface area (TPSA) is 66.9 Å². The second-order valence-corrected chi connectivity index (χ2v) is 5.44. The molecule has 1 amide bonds. The molecule has 1 heterocycles. The second kappa shape index (κ2) is 7.40. The molecule has 0 saturated carbocycles. The standard InChI is InChI=1S/C18H12F4N4O/c19-14-7-2-1-6-13(14)17(27)24-16-9-8-15(25-26-16)23-12-5-3-4-11(10-12)18(20,21)22/h1-10H,(H,23,25)(H,24,26,27). The van der Waals surface area contributed by atoms with Crippen molar-refractivity contribution in [2.24, 2.45) is 0 Å². The van der Waals surface area contributed by atoms with Crippen LogP contribution in [0.5, 0.6) is 0 Å². The van der Waals surface area contributed by atoms with Crippen molar-refractivity contribution >= 4 is 23.2 Å². The Kier molecular flexibility index (Phi) is 5.02. The molecule has 3 aromatic rings. The second-order valence-electron chi connectivity index (χ2n) is 5.44. The maximum atomic E-state index is 13.6. The molecule has 0 aliphatic rings. The van der Waals surface area contributed by atoms with Crippen molar-refractivity contribution in [3.63, 3.8) is 0 Å². The van der Waals surface area contributed by atoms with E-state index in [-0.39, 0.29) is 22.9 Å². The normalized spacial score (nSPS) is 11.1. The summed E-state index contributed by atoms with van der Waals surface area (Å²) in [6.45, 7) is 0. The highest BCUT2D eigenvalue weighted by Gasteiger charge is 2.30. The third-order valence-corrected chi connectivity index (χ3v) is 3.49. The Balaban J connectivity index is 1.69. The number of aromatic nitrogens is 2. The molecule has 0 aliphatic carbocycles. The molecule has 2 N–H and O–H groups in total. The number of carbonyl (C=O) groups is 1. The van der Waals surface area contributed by atoms with Gasteiger partial charge < -0.3 is 10.6 Å². The van der Waals surface area contributed by atoms with Crippen molar-refractivity contribution in [1.82, 2.24) is 10.2 Å². The van der Waals surface area contributed by atoms with Crippen LogP contribution in [0.25, 0.3) is 0 Å². The van der Waals surface area contributed by atoms with Crippen molar-refractivity contribution in [2.75, 3.05) is 10.6 Å². The van der Waals surface area contributed by atoms with Crippen LogP contribution in [0.15, 0.2) is 60.7 Å². The number of carbonyl (C=O) groups excluding carboxylic acids is 1. The van der Waals surface area contributed by atoms with E-state index >= 15 is 0 Å². The number of anilines is 3. The van der Waals surface area contributed by atoms with Crippen molar-refractivity contribution in [1.29, 1.82) is 0 Å². The highest BCUT2D eigenvalue weighted by atomic mass is 19.4. The van der Waals surface area contributed by atoms with Gasteiger partial charge in [-0.05, 0) is 42.5 Å². The monoisotopic (exact) mass is 376 g/mol. The molecule has 0 bridgehead atoms. The summed E-state index contributed by atoms with van der Waals surface area (Å²) in [6.07, 6.45) is -4.45. The van der Waals surface area contributed by atoms with E-state index in [4.69, 9.17) is 0 Å². The molecule has 0 spiro atoms. The van der Waals surface area contributed by atoms with Crippen LogP contribution >= 0.6 is 0 Å². The molecule has 0 radical (unpaired) electrons. The Morgan fingerprint density at radius 3 is 2.26 bits per heavy atom. The average Bonchev–Trinajstić information content (AvgIpc) is 2.63. The number of hydrogen-bond acceptors (Lipinski definition) is 4. The largest absolute Gasteiger partial charge is 0.416 e. The minimum atomic E-state index is -4.45. The Bertz CT molecular complexity index is 958. The maximum Gasteiger partial charge on any atom is 0.416 e. The Morgan fingerprint density at radius 1 is 0.889 bits per heavy atom. The number of nitrogens with zero attached hydrogens (tertiary/aromatic N) is 2. The van der Waals surface area contributed by atoms with Crippen LogP contribution < -0.4 is 10.6 Å². The van der Waals surface area contributed by atoms with Gasteiger partial charge in [0.05, 0.1) is 11.1 Å². The summed E-state index contributed by atoms with van der Waals surface area (Å²) in [7, 11) is 0. The van der Waals surface area contributed by atoms with Gasteiger partial charge in [-0.2, -0.15) is 13.2 Å². The van der Waals surface area contributed by atoms with Gasteiger partial charge in [0.1, 0.15) is 5.82 Å². The fourth-order valence-electron chi connectivity index (χ4n) is 2.22. The number of halogens is 4. The zero-order valence-corrected chi connectivity index (χ0v) is 13.6. The molecule has 5 nitrogen and oxygen atoms in total. The summed E-state index contributed by atoms with van der Waals surface area (Å²) < 4.78 is 51.8. The van der Waals surface area contributed by atoms with Crippen LogP contribution in [-0.4, -0.2) is 16.1 Å². The zero-order valence-electron chi connectivity index (χ0n) is 13.6. The molecule has 138 valence electrons. The lowest BCUT2D eigenvalue weighted by Crippen LogP contribution is -2.15. The van der Waals surface area contributed by atoms with Gasteiger partial charge >= 0.3 is 6.18 Å². The number of nitrogens with one attached hydrogen (secondary N) is 2. The summed E-state index contributed by atoms with van der Waals surface area (Å²) in [5.41, 5.74) is -0.762. The summed E-state index contributed by atoms with van der Waals surface area (Å²) in [6, 6.07) is 12.9. The molecule has 0 saturated heterocycles. The van der Waals surface area contributed by atoms with Gasteiger partial charge in [0.25, 0.3) is 5.91 Å². The van der Waals surface area contributed by atoms with Crippen LogP contribution in [0.2, 0.25) is 0 Å². The molecule has 0 unspecified atom stereocenters. The van der Waals surface area contributed by atoms with Crippen molar-refractivity contribution < 1.29 is 22.4 Å². The number of amides is 1. The van der Waals surface area contributed by atoms with Crippen LogP contribution in [0.4, 0.5) is 34.9 Å². The Labute approximate surface area is 151 Å². The highest BCUT2D eigenvalue weighted by molar-refractivity contribution is 6.03. The maximum absolute atomic E-state index is 13.6. The Morgan fingerprint density at radius 2 is 1.59 bits per heavy atom. The molecule has 27 heavy (non-hydrogen) atoms. The third-order valence-electron chi connectivity index (χ3n) is 3.49. The third kappa shape index (κ3) is 4.57. The summed E-state index contributed by atoms with van der Waals surface area (Å²) in [5.74, 6) is -1.12.